The summed E-state index contributed by atoms with van der Waals surface area (Å²) in [6.07, 6.45) is 0. The summed E-state index contributed by atoms with van der Waals surface area (Å²) >= 11 is 8.59. The third kappa shape index (κ3) is 8.99. The van der Waals surface area contributed by atoms with E-state index in [4.69, 9.17) is 0 Å². The molecule has 0 aliphatic heterocycles. The van der Waals surface area contributed by atoms with Crippen molar-refractivity contribution < 1.29 is 48.1 Å². The summed E-state index contributed by atoms with van der Waals surface area (Å²) in [5.74, 6) is 0. The molecule has 0 aromatic heterocycles. The van der Waals surface area contributed by atoms with Crippen molar-refractivity contribution in [1.29, 1.82) is 0 Å². The van der Waals surface area contributed by atoms with Crippen LogP contribution in [0.2, 0.25) is 13.1 Å². The van der Waals surface area contributed by atoms with Gasteiger partial charge in [0, 0.05) is 0 Å². The SMILES string of the molecule is Brc1cc2ccccc2[cH-]1.Brc1cc2ccccc2[cH-]1.C[Si](C)=[Zr+2].[Cl-].[Cl-]. The Balaban J connectivity index is 0.000000378. The van der Waals surface area contributed by atoms with Crippen LogP contribution >= 0.6 is 31.9 Å². The summed E-state index contributed by atoms with van der Waals surface area (Å²) in [5.41, 5.74) is 0.210. The number of benzene rings is 2. The molecule has 0 N–H and O–H groups in total. The first-order valence-corrected chi connectivity index (χ1v) is 15.4. The van der Waals surface area contributed by atoms with E-state index in [9.17, 15) is 0 Å². The minimum atomic E-state index is 0. The number of hydrogen-bond acceptors (Lipinski definition) is 0. The fraction of sp³-hybridized carbons (Fsp3) is 0.100. The molecule has 4 rings (SSSR count). The van der Waals surface area contributed by atoms with Gasteiger partial charge in [0.25, 0.3) is 0 Å². The van der Waals surface area contributed by atoms with E-state index in [0.29, 0.717) is 0 Å². The van der Waals surface area contributed by atoms with Crippen molar-refractivity contribution in [3.8, 4) is 0 Å². The molecule has 0 amide bonds. The van der Waals surface area contributed by atoms with E-state index in [1.165, 1.54) is 21.5 Å². The molecule has 0 bridgehead atoms. The molecule has 6 heteroatoms. The second-order valence-corrected chi connectivity index (χ2v) is 16.8. The van der Waals surface area contributed by atoms with Gasteiger partial charge in [0.1, 0.15) is 0 Å². The monoisotopic (exact) mass is 604 g/mol. The van der Waals surface area contributed by atoms with Crippen LogP contribution in [0.3, 0.4) is 0 Å². The summed E-state index contributed by atoms with van der Waals surface area (Å²) < 4.78 is 2.32. The van der Waals surface area contributed by atoms with Crippen LogP contribution < -0.4 is 24.8 Å². The molecule has 4 aromatic rings. The second kappa shape index (κ2) is 13.5. The van der Waals surface area contributed by atoms with Gasteiger partial charge in [-0.3, -0.25) is 0 Å². The summed E-state index contributed by atoms with van der Waals surface area (Å²) in [6, 6.07) is 25.1. The van der Waals surface area contributed by atoms with Crippen LogP contribution in [0, 0.1) is 0 Å². The summed E-state index contributed by atoms with van der Waals surface area (Å²) in [4.78, 5) is 0. The zero-order chi connectivity index (χ0) is 17.5. The average molecular weight is 608 g/mol. The summed E-state index contributed by atoms with van der Waals surface area (Å²) in [5, 5.41) is 5.20. The van der Waals surface area contributed by atoms with E-state index < -0.39 is 0 Å². The minimum Gasteiger partial charge on any atom is -1.00 e. The molecule has 0 radical (unpaired) electrons. The Bertz CT molecular complexity index is 805. The van der Waals surface area contributed by atoms with Gasteiger partial charge in [0.15, 0.2) is 0 Å². The maximum atomic E-state index is 3.42. The Morgan fingerprint density at radius 3 is 1.35 bits per heavy atom. The first-order valence-electron chi connectivity index (χ1n) is 7.59. The van der Waals surface area contributed by atoms with Gasteiger partial charge in [-0.05, 0) is 0 Å². The first-order chi connectivity index (χ1) is 11.5. The smallest absolute Gasteiger partial charge is 1.00 e. The Morgan fingerprint density at radius 2 is 1.04 bits per heavy atom. The van der Waals surface area contributed by atoms with Gasteiger partial charge >= 0.3 is 41.9 Å². The number of rotatable bonds is 0. The van der Waals surface area contributed by atoms with E-state index in [1.807, 2.05) is 0 Å². The fourth-order valence-corrected chi connectivity index (χ4v) is 3.21. The Hall–Kier alpha value is 0.300. The topological polar surface area (TPSA) is 0 Å². The standard InChI is InChI=1S/2C9H6Br.C2H6Si.2ClH.Zr/c2*10-9-5-7-3-1-2-4-8(7)6-9;1-3-2;;;/h2*1-6H;1-2H3;2*1H;/q2*-1;;;;+2/p-2. The van der Waals surface area contributed by atoms with Gasteiger partial charge in [-0.2, -0.15) is 12.1 Å². The Morgan fingerprint density at radius 1 is 0.731 bits per heavy atom. The van der Waals surface area contributed by atoms with Gasteiger partial charge in [-0.25, -0.2) is 0 Å². The van der Waals surface area contributed by atoms with Crippen LogP contribution in [0.25, 0.3) is 21.5 Å². The third-order valence-corrected chi connectivity index (χ3v) is 4.08. The largest absolute Gasteiger partial charge is 1.00 e. The van der Waals surface area contributed by atoms with Crippen LogP contribution in [-0.2, 0) is 23.3 Å². The van der Waals surface area contributed by atoms with Crippen LogP contribution in [0.4, 0.5) is 0 Å². The van der Waals surface area contributed by atoms with E-state index in [1.54, 1.807) is 23.3 Å². The molecule has 0 heterocycles. The molecule has 0 saturated heterocycles. The van der Waals surface area contributed by atoms with Gasteiger partial charge in [0.2, 0.25) is 0 Å². The predicted octanol–water partition coefficient (Wildman–Crippen LogP) is 1.43. The van der Waals surface area contributed by atoms with Crippen LogP contribution in [0.15, 0.2) is 81.7 Å². The number of hydrogen-bond donors (Lipinski definition) is 0. The van der Waals surface area contributed by atoms with Crippen molar-refractivity contribution in [2.45, 2.75) is 13.1 Å². The molecular weight excluding hydrogens is 590 g/mol. The number of halogens is 4. The van der Waals surface area contributed by atoms with Crippen molar-refractivity contribution in [2.24, 2.45) is 0 Å². The quantitative estimate of drug-likeness (QED) is 0.210. The van der Waals surface area contributed by atoms with Crippen LogP contribution in [0.1, 0.15) is 0 Å². The molecule has 0 saturated carbocycles. The van der Waals surface area contributed by atoms with Crippen molar-refractivity contribution in [3.05, 3.63) is 81.7 Å². The Labute approximate surface area is 199 Å². The molecule has 0 fully saturated rings. The predicted molar refractivity (Wildman–Crippen MR) is 112 cm³/mol. The summed E-state index contributed by atoms with van der Waals surface area (Å²) in [6.45, 7) is 4.62. The summed E-state index contributed by atoms with van der Waals surface area (Å²) in [7, 11) is 0. The molecule has 26 heavy (non-hydrogen) atoms. The molecule has 4 aromatic carbocycles. The van der Waals surface area contributed by atoms with Gasteiger partial charge < -0.3 is 24.8 Å². The maximum Gasteiger partial charge on any atom is -1.00 e. The molecule has 136 valence electrons. The van der Waals surface area contributed by atoms with Crippen molar-refractivity contribution in [3.63, 3.8) is 0 Å². The molecule has 0 atom stereocenters. The third-order valence-electron chi connectivity index (χ3n) is 3.17. The normalized spacial score (nSPS) is 9.15. The fourth-order valence-electron chi connectivity index (χ4n) is 2.23. The molecule has 0 spiro atoms. The van der Waals surface area contributed by atoms with Gasteiger partial charge in [-0.15, -0.1) is 70.1 Å². The van der Waals surface area contributed by atoms with E-state index in [0.717, 1.165) is 8.95 Å². The van der Waals surface area contributed by atoms with Crippen molar-refractivity contribution in [2.75, 3.05) is 0 Å². The first kappa shape index (κ1) is 26.3. The average Bonchev–Trinajstić information content (AvgIpc) is 3.07. The van der Waals surface area contributed by atoms with Gasteiger partial charge in [0.05, 0.1) is 0 Å². The molecule has 0 nitrogen and oxygen atoms in total. The molecule has 0 aliphatic carbocycles. The second-order valence-electron chi connectivity index (χ2n) is 5.60. The van der Waals surface area contributed by atoms with E-state index in [2.05, 4.69) is 118 Å². The van der Waals surface area contributed by atoms with E-state index >= 15 is 0 Å². The maximum absolute atomic E-state index is 3.42. The zero-order valence-corrected chi connectivity index (χ0v) is 22.6. The Kier molecular flexibility index (Phi) is 13.6. The molecule has 0 aliphatic rings. The van der Waals surface area contributed by atoms with Crippen LogP contribution in [0.5, 0.6) is 0 Å². The molecular formula is C20H18Br2Cl2SiZr-2. The van der Waals surface area contributed by atoms with Gasteiger partial charge in [-0.1, -0.05) is 52.9 Å². The zero-order valence-electron chi connectivity index (χ0n) is 14.4. The van der Waals surface area contributed by atoms with Crippen molar-refractivity contribution >= 4 is 58.8 Å². The van der Waals surface area contributed by atoms with E-state index in [-0.39, 0.29) is 30.2 Å². The van der Waals surface area contributed by atoms with Crippen LogP contribution in [-0.4, -0.2) is 5.43 Å². The number of fused-ring (bicyclic) bond motifs is 2. The van der Waals surface area contributed by atoms with Crippen molar-refractivity contribution in [1.82, 2.24) is 0 Å². The minimum absolute atomic E-state index is 0. The molecule has 0 unspecified atom stereocenters.